The molecule has 5 rings (SSSR count). The lowest BCUT2D eigenvalue weighted by Crippen LogP contribution is -2.55. The zero-order chi connectivity index (χ0) is 23.7. The molecule has 2 aromatic carbocycles. The number of aliphatic carboxylic acids is 1. The van der Waals surface area contributed by atoms with Crippen LogP contribution in [0.2, 0.25) is 10.0 Å². The third kappa shape index (κ3) is 4.86. The van der Waals surface area contributed by atoms with Gasteiger partial charge >= 0.3 is 0 Å². The van der Waals surface area contributed by atoms with E-state index in [-0.39, 0.29) is 11.9 Å². The van der Waals surface area contributed by atoms with Crippen LogP contribution in [0.25, 0.3) is 11.1 Å². The average molecular weight is 491 g/mol. The van der Waals surface area contributed by atoms with Crippen molar-refractivity contribution in [2.24, 2.45) is 5.10 Å². The molecule has 2 heterocycles. The maximum atomic E-state index is 12.2. The monoisotopic (exact) mass is 490 g/mol. The molecule has 1 saturated carbocycles. The van der Waals surface area contributed by atoms with E-state index in [0.29, 0.717) is 34.3 Å². The van der Waals surface area contributed by atoms with Gasteiger partial charge in [0.2, 0.25) is 0 Å². The van der Waals surface area contributed by atoms with Gasteiger partial charge in [0.05, 0.1) is 15.7 Å². The van der Waals surface area contributed by atoms with Crippen LogP contribution in [-0.4, -0.2) is 41.5 Å². The van der Waals surface area contributed by atoms with Crippen LogP contribution in [0.15, 0.2) is 35.4 Å². The van der Waals surface area contributed by atoms with Crippen molar-refractivity contribution < 1.29 is 19.4 Å². The summed E-state index contributed by atoms with van der Waals surface area (Å²) in [6, 6.07) is 9.75. The number of hydrogen-bond acceptors (Lipinski definition) is 6. The summed E-state index contributed by atoms with van der Waals surface area (Å²) in [5, 5.41) is 16.3. The van der Waals surface area contributed by atoms with Crippen LogP contribution in [0.5, 0.6) is 5.75 Å². The first-order chi connectivity index (χ1) is 15.7. The molecule has 1 atom stereocenters. The second-order valence-corrected chi connectivity index (χ2v) is 8.94. The standard InChI is InChI=1S/C21H20Cl2N4O2.C2H4O2/c1-11-21(28)26-25-20-10-29-19-8-14(12-5-6-15(22)16(23)7-12)17(9-18(19)27(11)20)24-13-3-2-4-13;1-2(3)4/h5-9,11,13,24H,2-4,10H2,1H3,(H,26,28);1H3,(H,3,4). The molecule has 33 heavy (non-hydrogen) atoms. The van der Waals surface area contributed by atoms with Gasteiger partial charge in [0.15, 0.2) is 5.84 Å². The average Bonchev–Trinajstić information content (AvgIpc) is 2.74. The van der Waals surface area contributed by atoms with E-state index in [1.165, 1.54) is 6.42 Å². The van der Waals surface area contributed by atoms with E-state index in [2.05, 4.69) is 21.9 Å². The maximum absolute atomic E-state index is 12.2. The van der Waals surface area contributed by atoms with Gasteiger partial charge in [0.25, 0.3) is 11.9 Å². The second-order valence-electron chi connectivity index (χ2n) is 8.12. The highest BCUT2D eigenvalue weighted by Gasteiger charge is 2.36. The molecule has 1 amide bonds. The Morgan fingerprint density at radius 1 is 1.24 bits per heavy atom. The van der Waals surface area contributed by atoms with E-state index in [9.17, 15) is 4.79 Å². The van der Waals surface area contributed by atoms with Crippen LogP contribution < -0.4 is 20.4 Å². The van der Waals surface area contributed by atoms with Gasteiger partial charge in [0.1, 0.15) is 18.4 Å². The summed E-state index contributed by atoms with van der Waals surface area (Å²) in [6.07, 6.45) is 3.52. The molecule has 8 nitrogen and oxygen atoms in total. The van der Waals surface area contributed by atoms with Gasteiger partial charge in [-0.1, -0.05) is 29.3 Å². The van der Waals surface area contributed by atoms with E-state index in [4.69, 9.17) is 37.8 Å². The van der Waals surface area contributed by atoms with Crippen molar-refractivity contribution in [2.75, 3.05) is 16.8 Å². The van der Waals surface area contributed by atoms with Crippen molar-refractivity contribution in [1.29, 1.82) is 0 Å². The molecule has 3 N–H and O–H groups in total. The number of fused-ring (bicyclic) bond motifs is 3. The van der Waals surface area contributed by atoms with Crippen molar-refractivity contribution in [1.82, 2.24) is 5.43 Å². The Labute approximate surface area is 201 Å². The van der Waals surface area contributed by atoms with E-state index in [1.807, 2.05) is 30.0 Å². The number of carbonyl (C=O) groups is 2. The highest BCUT2D eigenvalue weighted by atomic mass is 35.5. The molecule has 2 aliphatic heterocycles. The zero-order valence-electron chi connectivity index (χ0n) is 18.2. The molecule has 2 aromatic rings. The summed E-state index contributed by atoms with van der Waals surface area (Å²) in [6.45, 7) is 3.25. The number of rotatable bonds is 3. The SMILES string of the molecule is CC(=O)O.CC1C(=O)NN=C2COc3cc(-c4ccc(Cl)c(Cl)c4)c(NC4CCC4)cc3N21. The topological polar surface area (TPSA) is 103 Å². The molecule has 174 valence electrons. The molecule has 1 unspecified atom stereocenters. The van der Waals surface area contributed by atoms with E-state index < -0.39 is 5.97 Å². The van der Waals surface area contributed by atoms with Crippen LogP contribution in [0.1, 0.15) is 33.1 Å². The first-order valence-corrected chi connectivity index (χ1v) is 11.4. The van der Waals surface area contributed by atoms with Crippen molar-refractivity contribution >= 4 is 52.3 Å². The van der Waals surface area contributed by atoms with Crippen molar-refractivity contribution in [3.05, 3.63) is 40.4 Å². The van der Waals surface area contributed by atoms with E-state index in [0.717, 1.165) is 42.3 Å². The Morgan fingerprint density at radius 3 is 2.61 bits per heavy atom. The molecule has 0 bridgehead atoms. The minimum absolute atomic E-state index is 0.135. The Kier molecular flexibility index (Phi) is 6.67. The van der Waals surface area contributed by atoms with Crippen molar-refractivity contribution in [3.63, 3.8) is 0 Å². The second kappa shape index (κ2) is 9.49. The summed E-state index contributed by atoms with van der Waals surface area (Å²) >= 11 is 12.4. The highest BCUT2D eigenvalue weighted by molar-refractivity contribution is 6.42. The smallest absolute Gasteiger partial charge is 0.300 e. The lowest BCUT2D eigenvalue weighted by molar-refractivity contribution is -0.134. The molecule has 0 saturated heterocycles. The third-order valence-electron chi connectivity index (χ3n) is 5.75. The van der Waals surface area contributed by atoms with Gasteiger partial charge in [-0.25, -0.2) is 5.43 Å². The fourth-order valence-electron chi connectivity index (χ4n) is 3.87. The first-order valence-electron chi connectivity index (χ1n) is 10.6. The normalized spacial score (nSPS) is 18.9. The number of amides is 1. The number of hydrogen-bond donors (Lipinski definition) is 3. The number of benzene rings is 2. The molecular formula is C23H24Cl2N4O4. The van der Waals surface area contributed by atoms with E-state index in [1.54, 1.807) is 6.07 Å². The van der Waals surface area contributed by atoms with Crippen molar-refractivity contribution in [3.8, 4) is 16.9 Å². The number of anilines is 2. The summed E-state index contributed by atoms with van der Waals surface area (Å²) in [4.78, 5) is 23.1. The largest absolute Gasteiger partial charge is 0.483 e. The Balaban J connectivity index is 0.000000601. The summed E-state index contributed by atoms with van der Waals surface area (Å²) in [7, 11) is 0. The number of carboxylic acids is 1. The first kappa shape index (κ1) is 23.2. The lowest BCUT2D eigenvalue weighted by Gasteiger charge is -2.39. The minimum Gasteiger partial charge on any atom is -0.483 e. The van der Waals surface area contributed by atoms with Crippen LogP contribution in [0.3, 0.4) is 0 Å². The number of nitrogens with one attached hydrogen (secondary N) is 2. The Morgan fingerprint density at radius 2 is 1.97 bits per heavy atom. The molecule has 0 spiro atoms. The van der Waals surface area contributed by atoms with Gasteiger partial charge < -0.3 is 20.1 Å². The molecular weight excluding hydrogens is 467 g/mol. The fourth-order valence-corrected chi connectivity index (χ4v) is 4.16. The van der Waals surface area contributed by atoms with Gasteiger partial charge in [-0.05, 0) is 56.0 Å². The summed E-state index contributed by atoms with van der Waals surface area (Å²) in [5.41, 5.74) is 6.32. The van der Waals surface area contributed by atoms with Crippen LogP contribution in [-0.2, 0) is 9.59 Å². The van der Waals surface area contributed by atoms with Gasteiger partial charge in [-0.2, -0.15) is 5.10 Å². The number of halogens is 2. The number of nitrogens with zero attached hydrogens (tertiary/aromatic N) is 2. The van der Waals surface area contributed by atoms with Crippen LogP contribution >= 0.6 is 23.2 Å². The summed E-state index contributed by atoms with van der Waals surface area (Å²) < 4.78 is 5.98. The molecule has 1 aliphatic carbocycles. The predicted molar refractivity (Wildman–Crippen MR) is 129 cm³/mol. The fraction of sp³-hybridized carbons (Fsp3) is 0.348. The molecule has 0 radical (unpaired) electrons. The predicted octanol–water partition coefficient (Wildman–Crippen LogP) is 4.75. The molecule has 3 aliphatic rings. The van der Waals surface area contributed by atoms with Gasteiger partial charge in [-0.3, -0.25) is 9.59 Å². The Hall–Kier alpha value is -2.97. The minimum atomic E-state index is -0.833. The van der Waals surface area contributed by atoms with Crippen molar-refractivity contribution in [2.45, 2.75) is 45.2 Å². The van der Waals surface area contributed by atoms with Crippen LogP contribution in [0.4, 0.5) is 11.4 Å². The third-order valence-corrected chi connectivity index (χ3v) is 6.49. The van der Waals surface area contributed by atoms with E-state index >= 15 is 0 Å². The number of amidine groups is 1. The number of carboxylic acid groups (broad SMARTS) is 1. The summed E-state index contributed by atoms with van der Waals surface area (Å²) in [5.74, 6) is 0.441. The van der Waals surface area contributed by atoms with Crippen LogP contribution in [0, 0.1) is 0 Å². The number of carbonyl (C=O) groups excluding carboxylic acids is 1. The number of ether oxygens (including phenoxy) is 1. The highest BCUT2D eigenvalue weighted by Crippen LogP contribution is 2.44. The number of hydrazone groups is 1. The maximum Gasteiger partial charge on any atom is 0.300 e. The molecule has 10 heteroatoms. The van der Waals surface area contributed by atoms with Gasteiger partial charge in [0, 0.05) is 24.2 Å². The quantitative estimate of drug-likeness (QED) is 0.573. The molecule has 0 aromatic heterocycles. The Bertz CT molecular complexity index is 1130. The van der Waals surface area contributed by atoms with Gasteiger partial charge in [-0.15, -0.1) is 0 Å². The lowest BCUT2D eigenvalue weighted by atomic mass is 9.92. The molecule has 1 fully saturated rings. The zero-order valence-corrected chi connectivity index (χ0v) is 19.7.